The van der Waals surface area contributed by atoms with Crippen molar-refractivity contribution in [1.29, 1.82) is 0 Å². The predicted molar refractivity (Wildman–Crippen MR) is 102 cm³/mol. The summed E-state index contributed by atoms with van der Waals surface area (Å²) in [5, 5.41) is 8.33. The van der Waals surface area contributed by atoms with Crippen molar-refractivity contribution >= 4 is 17.6 Å². The Labute approximate surface area is 157 Å². The molecular weight excluding hydrogens is 346 g/mol. The molecule has 1 aliphatic heterocycles. The molecule has 3 rings (SSSR count). The normalized spacial score (nSPS) is 16.3. The molecule has 140 valence electrons. The number of carbonyl (C=O) groups excluding carboxylic acids is 2. The fraction of sp³-hybridized carbons (Fsp3) is 0.200. The summed E-state index contributed by atoms with van der Waals surface area (Å²) in [6.07, 6.45) is 0. The first-order valence-electron chi connectivity index (χ1n) is 8.40. The van der Waals surface area contributed by atoms with Crippen LogP contribution in [0.25, 0.3) is 0 Å². The summed E-state index contributed by atoms with van der Waals surface area (Å²) in [5.41, 5.74) is 2.29. The molecule has 0 radical (unpaired) electrons. The molecule has 3 N–H and O–H groups in total. The van der Waals surface area contributed by atoms with Gasteiger partial charge in [0.1, 0.15) is 0 Å². The van der Waals surface area contributed by atoms with Crippen LogP contribution in [0.1, 0.15) is 18.5 Å². The molecule has 0 spiro atoms. The lowest BCUT2D eigenvalue weighted by molar-refractivity contribution is -0.113. The Kier molecular flexibility index (Phi) is 5.30. The summed E-state index contributed by atoms with van der Waals surface area (Å²) in [6, 6.07) is 13.4. The van der Waals surface area contributed by atoms with E-state index in [0.29, 0.717) is 34.0 Å². The van der Waals surface area contributed by atoms with Gasteiger partial charge in [0.05, 0.1) is 25.8 Å². The van der Waals surface area contributed by atoms with Crippen molar-refractivity contribution < 1.29 is 19.1 Å². The number of nitrogens with one attached hydrogen (secondary N) is 3. The number of hydrogen-bond donors (Lipinski definition) is 3. The molecule has 0 bridgehead atoms. The maximum Gasteiger partial charge on any atom is 0.319 e. The van der Waals surface area contributed by atoms with E-state index in [2.05, 4.69) is 16.0 Å². The van der Waals surface area contributed by atoms with Crippen LogP contribution in [0.4, 0.5) is 10.5 Å². The Morgan fingerprint density at radius 3 is 2.41 bits per heavy atom. The third-order valence-electron chi connectivity index (χ3n) is 4.29. The van der Waals surface area contributed by atoms with E-state index in [1.54, 1.807) is 44.4 Å². The highest BCUT2D eigenvalue weighted by Crippen LogP contribution is 2.34. The molecule has 2 aromatic carbocycles. The van der Waals surface area contributed by atoms with Gasteiger partial charge in [-0.25, -0.2) is 4.79 Å². The lowest BCUT2D eigenvalue weighted by atomic mass is 9.94. The van der Waals surface area contributed by atoms with Crippen molar-refractivity contribution in [2.24, 2.45) is 0 Å². The van der Waals surface area contributed by atoms with Gasteiger partial charge < -0.3 is 25.4 Å². The van der Waals surface area contributed by atoms with E-state index in [-0.39, 0.29) is 11.9 Å². The van der Waals surface area contributed by atoms with Crippen molar-refractivity contribution in [2.75, 3.05) is 19.5 Å². The number of amides is 3. The van der Waals surface area contributed by atoms with E-state index in [1.165, 1.54) is 7.11 Å². The van der Waals surface area contributed by atoms with Gasteiger partial charge in [0.25, 0.3) is 5.91 Å². The number of allylic oxidation sites excluding steroid dienone is 1. The highest BCUT2D eigenvalue weighted by Gasteiger charge is 2.31. The second kappa shape index (κ2) is 7.82. The minimum absolute atomic E-state index is 0.300. The Morgan fingerprint density at radius 2 is 1.74 bits per heavy atom. The zero-order valence-electron chi connectivity index (χ0n) is 15.3. The molecule has 0 fully saturated rings. The van der Waals surface area contributed by atoms with Gasteiger partial charge in [0, 0.05) is 11.4 Å². The average molecular weight is 367 g/mol. The molecule has 0 aliphatic carbocycles. The summed E-state index contributed by atoms with van der Waals surface area (Å²) in [7, 11) is 3.08. The maximum absolute atomic E-state index is 12.9. The number of para-hydroxylation sites is 1. The largest absolute Gasteiger partial charge is 0.493 e. The minimum Gasteiger partial charge on any atom is -0.493 e. The zero-order valence-corrected chi connectivity index (χ0v) is 15.3. The monoisotopic (exact) mass is 367 g/mol. The summed E-state index contributed by atoms with van der Waals surface area (Å²) in [5.74, 6) is 0.784. The number of hydrogen-bond acceptors (Lipinski definition) is 4. The summed E-state index contributed by atoms with van der Waals surface area (Å²) in [4.78, 5) is 24.9. The minimum atomic E-state index is -0.623. The average Bonchev–Trinajstić information content (AvgIpc) is 2.67. The summed E-state index contributed by atoms with van der Waals surface area (Å²) in [6.45, 7) is 1.70. The third-order valence-corrected chi connectivity index (χ3v) is 4.29. The van der Waals surface area contributed by atoms with Crippen LogP contribution in [-0.4, -0.2) is 26.2 Å². The fourth-order valence-corrected chi connectivity index (χ4v) is 3.00. The Morgan fingerprint density at radius 1 is 1.04 bits per heavy atom. The van der Waals surface area contributed by atoms with E-state index in [4.69, 9.17) is 9.47 Å². The number of benzene rings is 2. The molecule has 0 saturated heterocycles. The predicted octanol–water partition coefficient (Wildman–Crippen LogP) is 2.97. The van der Waals surface area contributed by atoms with Gasteiger partial charge in [-0.2, -0.15) is 0 Å². The number of carbonyl (C=O) groups is 2. The van der Waals surface area contributed by atoms with Crippen LogP contribution in [-0.2, 0) is 4.79 Å². The number of anilines is 1. The van der Waals surface area contributed by atoms with Gasteiger partial charge in [0.2, 0.25) is 0 Å². The van der Waals surface area contributed by atoms with Crippen LogP contribution in [0.3, 0.4) is 0 Å². The molecule has 1 aliphatic rings. The molecule has 7 nitrogen and oxygen atoms in total. The Bertz CT molecular complexity index is 893. The van der Waals surface area contributed by atoms with Crippen LogP contribution >= 0.6 is 0 Å². The lowest BCUT2D eigenvalue weighted by Gasteiger charge is -2.29. The van der Waals surface area contributed by atoms with Gasteiger partial charge in [-0.3, -0.25) is 4.79 Å². The smallest absolute Gasteiger partial charge is 0.319 e. The lowest BCUT2D eigenvalue weighted by Crippen LogP contribution is -2.45. The Hall–Kier alpha value is -3.48. The van der Waals surface area contributed by atoms with Crippen LogP contribution in [0, 0.1) is 0 Å². The van der Waals surface area contributed by atoms with Crippen LogP contribution < -0.4 is 25.4 Å². The third kappa shape index (κ3) is 3.87. The van der Waals surface area contributed by atoms with Gasteiger partial charge in [-0.1, -0.05) is 24.3 Å². The number of urea groups is 1. The highest BCUT2D eigenvalue weighted by molar-refractivity contribution is 6.06. The van der Waals surface area contributed by atoms with E-state index in [9.17, 15) is 9.59 Å². The molecular formula is C20H21N3O4. The highest BCUT2D eigenvalue weighted by atomic mass is 16.5. The number of methoxy groups -OCH3 is 2. The zero-order chi connectivity index (χ0) is 19.4. The van der Waals surface area contributed by atoms with Crippen LogP contribution in [0.5, 0.6) is 11.5 Å². The van der Waals surface area contributed by atoms with E-state index >= 15 is 0 Å². The molecule has 2 aromatic rings. The van der Waals surface area contributed by atoms with E-state index in [1.807, 2.05) is 18.2 Å². The molecule has 0 unspecified atom stereocenters. The Balaban J connectivity index is 1.98. The van der Waals surface area contributed by atoms with Crippen molar-refractivity contribution in [3.63, 3.8) is 0 Å². The number of rotatable bonds is 5. The molecule has 7 heteroatoms. The van der Waals surface area contributed by atoms with Crippen molar-refractivity contribution in [3.05, 3.63) is 65.4 Å². The molecule has 3 amide bonds. The van der Waals surface area contributed by atoms with Crippen molar-refractivity contribution in [1.82, 2.24) is 10.6 Å². The first kappa shape index (κ1) is 18.3. The first-order chi connectivity index (χ1) is 13.0. The van der Waals surface area contributed by atoms with Crippen molar-refractivity contribution in [2.45, 2.75) is 13.0 Å². The van der Waals surface area contributed by atoms with Gasteiger partial charge in [-0.05, 0) is 36.8 Å². The number of ether oxygens (including phenoxy) is 2. The summed E-state index contributed by atoms with van der Waals surface area (Å²) < 4.78 is 10.6. The van der Waals surface area contributed by atoms with Crippen LogP contribution in [0.15, 0.2) is 59.8 Å². The fourth-order valence-electron chi connectivity index (χ4n) is 3.00. The molecule has 1 atom stereocenters. The van der Waals surface area contributed by atoms with Gasteiger partial charge in [0.15, 0.2) is 11.5 Å². The van der Waals surface area contributed by atoms with Gasteiger partial charge in [-0.15, -0.1) is 0 Å². The topological polar surface area (TPSA) is 88.7 Å². The van der Waals surface area contributed by atoms with Crippen LogP contribution in [0.2, 0.25) is 0 Å². The van der Waals surface area contributed by atoms with E-state index in [0.717, 1.165) is 0 Å². The van der Waals surface area contributed by atoms with Gasteiger partial charge >= 0.3 is 6.03 Å². The molecule has 1 heterocycles. The molecule has 0 saturated carbocycles. The molecule has 0 aromatic heterocycles. The first-order valence-corrected chi connectivity index (χ1v) is 8.40. The quantitative estimate of drug-likeness (QED) is 0.758. The van der Waals surface area contributed by atoms with Crippen molar-refractivity contribution in [3.8, 4) is 11.5 Å². The standard InChI is InChI=1S/C20H21N3O4/c1-12-17(19(24)22-14-7-5-4-6-8-14)18(23-20(25)21-12)13-9-10-15(26-2)16(11-13)27-3/h4-11,18H,1-3H3,(H,22,24)(H2,21,23,25)/t18-/m0/s1. The molecule has 27 heavy (non-hydrogen) atoms. The van der Waals surface area contributed by atoms with E-state index < -0.39 is 6.04 Å². The summed E-state index contributed by atoms with van der Waals surface area (Å²) >= 11 is 0. The second-order valence-electron chi connectivity index (χ2n) is 6.00. The maximum atomic E-state index is 12.9. The SMILES string of the molecule is COc1ccc([C@@H]2NC(=O)NC(C)=C2C(=O)Nc2ccccc2)cc1OC. The second-order valence-corrected chi connectivity index (χ2v) is 6.00.